The summed E-state index contributed by atoms with van der Waals surface area (Å²) in [6.07, 6.45) is 9.07. The zero-order chi connectivity index (χ0) is 25.2. The number of benzene rings is 1. The predicted octanol–water partition coefficient (Wildman–Crippen LogP) is 5.63. The first kappa shape index (κ1) is 24.5. The topological polar surface area (TPSA) is 77.5 Å². The number of amides is 1. The molecular weight excluding hydrogens is 459 g/mol. The van der Waals surface area contributed by atoms with Gasteiger partial charge in [0.2, 0.25) is 0 Å². The van der Waals surface area contributed by atoms with Crippen molar-refractivity contribution in [3.05, 3.63) is 60.2 Å². The molecule has 0 bridgehead atoms. The number of carbonyl (C=O) groups excluding carboxylic acids is 2. The molecule has 0 radical (unpaired) electrons. The van der Waals surface area contributed by atoms with Gasteiger partial charge in [0.05, 0.1) is 18.2 Å². The molecule has 2 heterocycles. The molecule has 1 aromatic heterocycles. The van der Waals surface area contributed by atoms with Crippen LogP contribution in [0.5, 0.6) is 0 Å². The van der Waals surface area contributed by atoms with Crippen molar-refractivity contribution in [1.29, 1.82) is 0 Å². The maximum absolute atomic E-state index is 13.6. The van der Waals surface area contributed by atoms with Crippen LogP contribution >= 0.6 is 0 Å². The van der Waals surface area contributed by atoms with E-state index in [1.165, 1.54) is 12.1 Å². The van der Waals surface area contributed by atoms with Crippen molar-refractivity contribution in [2.45, 2.75) is 51.7 Å². The fraction of sp³-hybridized carbons (Fsp3) is 0.483. The van der Waals surface area contributed by atoms with Crippen molar-refractivity contribution in [3.8, 4) is 11.1 Å². The number of halogens is 1. The van der Waals surface area contributed by atoms with Gasteiger partial charge in [0.25, 0.3) is 0 Å². The molecule has 0 spiro atoms. The molecule has 2 saturated carbocycles. The van der Waals surface area contributed by atoms with Gasteiger partial charge in [0, 0.05) is 23.7 Å². The van der Waals surface area contributed by atoms with Crippen LogP contribution in [-0.4, -0.2) is 35.8 Å². The lowest BCUT2D eigenvalue weighted by Crippen LogP contribution is -2.48. The summed E-state index contributed by atoms with van der Waals surface area (Å²) in [6, 6.07) is 10.4. The molecule has 1 aliphatic heterocycles. The standard InChI is InChI=1S/C29H33FN2O4/c1-3-35-29(34)32-23-10-11-24-20(14-23)15-26-27(17(2)36-28(26)33)25(24)12-9-22-8-7-19(16-31-22)18-5-4-6-21(30)13-18/h4-9,12-13,16-17,20,23-27H,3,10-11,14-15H2,1-2H3,(H,32,34)/b12-9+/t17-,20+,23-,24+,25?,26+,27-/m0/s1. The van der Waals surface area contributed by atoms with Gasteiger partial charge in [0.15, 0.2) is 0 Å². The number of hydrogen-bond donors (Lipinski definition) is 1. The van der Waals surface area contributed by atoms with Crippen LogP contribution in [0.2, 0.25) is 0 Å². The lowest BCUT2D eigenvalue weighted by atomic mass is 9.57. The monoisotopic (exact) mass is 492 g/mol. The largest absolute Gasteiger partial charge is 0.462 e. The summed E-state index contributed by atoms with van der Waals surface area (Å²) < 4.78 is 24.3. The first-order chi connectivity index (χ1) is 17.4. The van der Waals surface area contributed by atoms with Gasteiger partial charge >= 0.3 is 12.1 Å². The van der Waals surface area contributed by atoms with Gasteiger partial charge in [-0.15, -0.1) is 0 Å². The van der Waals surface area contributed by atoms with E-state index in [2.05, 4.69) is 16.4 Å². The van der Waals surface area contributed by atoms with Crippen molar-refractivity contribution in [2.24, 2.45) is 29.6 Å². The van der Waals surface area contributed by atoms with E-state index in [9.17, 15) is 14.0 Å². The van der Waals surface area contributed by atoms with Crippen LogP contribution in [0.4, 0.5) is 9.18 Å². The van der Waals surface area contributed by atoms with E-state index in [1.807, 2.05) is 31.2 Å². The molecule has 190 valence electrons. The number of aromatic nitrogens is 1. The zero-order valence-corrected chi connectivity index (χ0v) is 20.7. The fourth-order valence-corrected chi connectivity index (χ4v) is 6.64. The van der Waals surface area contributed by atoms with Crippen molar-refractivity contribution in [1.82, 2.24) is 10.3 Å². The van der Waals surface area contributed by atoms with Crippen LogP contribution in [0, 0.1) is 35.4 Å². The molecule has 2 aromatic rings. The molecule has 1 N–H and O–H groups in total. The molecule has 3 fully saturated rings. The summed E-state index contributed by atoms with van der Waals surface area (Å²) in [7, 11) is 0. The molecule has 6 nitrogen and oxygen atoms in total. The summed E-state index contributed by atoms with van der Waals surface area (Å²) >= 11 is 0. The Hall–Kier alpha value is -3.22. The van der Waals surface area contributed by atoms with E-state index in [0.717, 1.165) is 42.5 Å². The summed E-state index contributed by atoms with van der Waals surface area (Å²) in [4.78, 5) is 29.2. The third-order valence-electron chi connectivity index (χ3n) is 8.18. The number of esters is 1. The first-order valence-electron chi connectivity index (χ1n) is 13.0. The van der Waals surface area contributed by atoms with Crippen LogP contribution in [0.15, 0.2) is 48.7 Å². The van der Waals surface area contributed by atoms with Crippen LogP contribution in [0.25, 0.3) is 17.2 Å². The summed E-state index contributed by atoms with van der Waals surface area (Å²) in [5, 5.41) is 3.00. The summed E-state index contributed by atoms with van der Waals surface area (Å²) in [5.41, 5.74) is 2.48. The second kappa shape index (κ2) is 10.4. The van der Waals surface area contributed by atoms with Gasteiger partial charge in [-0.05, 0) is 87.1 Å². The Morgan fingerprint density at radius 3 is 2.83 bits per heavy atom. The number of rotatable bonds is 5. The Bertz CT molecular complexity index is 1130. The van der Waals surface area contributed by atoms with Gasteiger partial charge < -0.3 is 14.8 Å². The average molecular weight is 493 g/mol. The highest BCUT2D eigenvalue weighted by Gasteiger charge is 2.54. The van der Waals surface area contributed by atoms with E-state index in [1.54, 1.807) is 19.2 Å². The lowest BCUT2D eigenvalue weighted by Gasteiger charge is -2.47. The van der Waals surface area contributed by atoms with E-state index in [-0.39, 0.29) is 47.8 Å². The number of nitrogens with one attached hydrogen (secondary N) is 1. The number of nitrogens with zero attached hydrogens (tertiary/aromatic N) is 1. The zero-order valence-electron chi connectivity index (χ0n) is 20.7. The molecular formula is C29H33FN2O4. The Kier molecular flexibility index (Phi) is 7.08. The molecule has 2 aliphatic carbocycles. The van der Waals surface area contributed by atoms with Gasteiger partial charge in [-0.1, -0.05) is 24.3 Å². The van der Waals surface area contributed by atoms with Gasteiger partial charge in [-0.25, -0.2) is 9.18 Å². The van der Waals surface area contributed by atoms with Gasteiger partial charge in [0.1, 0.15) is 11.9 Å². The SMILES string of the molecule is CCOC(=O)N[C@H]1CC[C@H]2C(/C=C/c3ccc(-c4cccc(F)c4)cn3)[C@@H]3[C@H](C)OC(=O)[C@@H]3C[C@H]2C1. The molecule has 1 aromatic carbocycles. The molecule has 3 aliphatic rings. The highest BCUT2D eigenvalue weighted by Crippen LogP contribution is 2.53. The van der Waals surface area contributed by atoms with Crippen molar-refractivity contribution in [2.75, 3.05) is 6.61 Å². The number of hydrogen-bond acceptors (Lipinski definition) is 5. The van der Waals surface area contributed by atoms with Crippen LogP contribution in [0.1, 0.15) is 45.2 Å². The Labute approximate surface area is 211 Å². The van der Waals surface area contributed by atoms with Crippen molar-refractivity contribution < 1.29 is 23.5 Å². The minimum absolute atomic E-state index is 0.0679. The number of allylic oxidation sites excluding steroid dienone is 1. The highest BCUT2D eigenvalue weighted by molar-refractivity contribution is 5.75. The van der Waals surface area contributed by atoms with Crippen molar-refractivity contribution >= 4 is 18.1 Å². The maximum atomic E-state index is 13.6. The molecule has 7 atom stereocenters. The maximum Gasteiger partial charge on any atom is 0.407 e. The minimum Gasteiger partial charge on any atom is -0.462 e. The normalized spacial score (nSPS) is 31.4. The quantitative estimate of drug-likeness (QED) is 0.548. The predicted molar refractivity (Wildman–Crippen MR) is 134 cm³/mol. The van der Waals surface area contributed by atoms with Crippen LogP contribution in [0.3, 0.4) is 0 Å². The fourth-order valence-electron chi connectivity index (χ4n) is 6.64. The number of carbonyl (C=O) groups is 2. The summed E-state index contributed by atoms with van der Waals surface area (Å²) in [6.45, 7) is 4.15. The minimum atomic E-state index is -0.368. The lowest BCUT2D eigenvalue weighted by molar-refractivity contribution is -0.144. The van der Waals surface area contributed by atoms with Crippen molar-refractivity contribution in [3.63, 3.8) is 0 Å². The molecule has 1 unspecified atom stereocenters. The Morgan fingerprint density at radius 2 is 2.08 bits per heavy atom. The van der Waals surface area contributed by atoms with Gasteiger partial charge in [-0.2, -0.15) is 0 Å². The second-order valence-corrected chi connectivity index (χ2v) is 10.3. The third kappa shape index (κ3) is 5.01. The van der Waals surface area contributed by atoms with E-state index >= 15 is 0 Å². The molecule has 1 saturated heterocycles. The first-order valence-corrected chi connectivity index (χ1v) is 13.0. The van der Waals surface area contributed by atoms with E-state index < -0.39 is 0 Å². The number of fused-ring (bicyclic) bond motifs is 2. The number of alkyl carbamates (subject to hydrolysis) is 1. The Morgan fingerprint density at radius 1 is 1.22 bits per heavy atom. The summed E-state index contributed by atoms with van der Waals surface area (Å²) in [5.74, 6) is 0.629. The average Bonchev–Trinajstić information content (AvgIpc) is 3.15. The smallest absolute Gasteiger partial charge is 0.407 e. The van der Waals surface area contributed by atoms with Crippen LogP contribution in [-0.2, 0) is 14.3 Å². The molecule has 36 heavy (non-hydrogen) atoms. The molecule has 1 amide bonds. The number of cyclic esters (lactones) is 1. The molecule has 5 rings (SSSR count). The third-order valence-corrected chi connectivity index (χ3v) is 8.18. The van der Waals surface area contributed by atoms with Crippen LogP contribution < -0.4 is 5.32 Å². The molecule has 7 heteroatoms. The van der Waals surface area contributed by atoms with E-state index in [0.29, 0.717) is 18.4 Å². The Balaban J connectivity index is 1.34. The van der Waals surface area contributed by atoms with Gasteiger partial charge in [-0.3, -0.25) is 9.78 Å². The second-order valence-electron chi connectivity index (χ2n) is 10.3. The number of pyridine rings is 1. The highest BCUT2D eigenvalue weighted by atomic mass is 19.1. The van der Waals surface area contributed by atoms with E-state index in [4.69, 9.17) is 9.47 Å². The number of ether oxygens (including phenoxy) is 2.